The number of hydrogen-bond acceptors (Lipinski definition) is 6. The molecule has 0 bridgehead atoms. The zero-order valence-corrected chi connectivity index (χ0v) is 9.03. The lowest BCUT2D eigenvalue weighted by Gasteiger charge is -2.27. The summed E-state index contributed by atoms with van der Waals surface area (Å²) >= 11 is 0. The van der Waals surface area contributed by atoms with E-state index in [1.807, 2.05) is 14.1 Å². The first-order valence-electron chi connectivity index (χ1n) is 3.83. The lowest BCUT2D eigenvalue weighted by Crippen LogP contribution is -2.43. The summed E-state index contributed by atoms with van der Waals surface area (Å²) in [5.41, 5.74) is 0. The van der Waals surface area contributed by atoms with Gasteiger partial charge >= 0.3 is 1.43 Å². The molecule has 88 valence electrons. The molecule has 0 atom stereocenters. The van der Waals surface area contributed by atoms with E-state index in [2.05, 4.69) is 0 Å². The smallest absolute Gasteiger partial charge is 0.759 e. The molecule has 0 saturated heterocycles. The van der Waals surface area contributed by atoms with Crippen molar-refractivity contribution in [1.29, 1.82) is 0 Å². The van der Waals surface area contributed by atoms with Crippen molar-refractivity contribution in [2.45, 2.75) is 0 Å². The number of rotatable bonds is 4. The maximum Gasteiger partial charge on any atom is 1.00 e. The fraction of sp³-hybridized carbons (Fsp3) is 1.00. The van der Waals surface area contributed by atoms with E-state index < -0.39 is 10.4 Å². The monoisotopic (exact) mass is 231 g/mol. The fourth-order valence-electron chi connectivity index (χ4n) is 0.653. The van der Waals surface area contributed by atoms with Gasteiger partial charge in [-0.25, -0.2) is 0 Å². The van der Waals surface area contributed by atoms with Crippen LogP contribution in [0.15, 0.2) is 0 Å². The van der Waals surface area contributed by atoms with Gasteiger partial charge in [0.2, 0.25) is 0 Å². The molecule has 0 aliphatic rings. The van der Waals surface area contributed by atoms with Gasteiger partial charge in [0.25, 0.3) is 0 Å². The average molecular weight is 231 g/mol. The van der Waals surface area contributed by atoms with Crippen LogP contribution in [0.1, 0.15) is 1.43 Å². The van der Waals surface area contributed by atoms with Crippen molar-refractivity contribution in [3.05, 3.63) is 0 Å². The number of nitrogens with zero attached hydrogens (tertiary/aromatic N) is 1. The van der Waals surface area contributed by atoms with Gasteiger partial charge in [0, 0.05) is 10.4 Å². The van der Waals surface area contributed by atoms with Crippen LogP contribution in [0.2, 0.25) is 0 Å². The minimum atomic E-state index is -5.17. The Morgan fingerprint density at radius 1 is 1.14 bits per heavy atom. The molecule has 0 aliphatic heterocycles. The number of quaternary nitrogens is 1. The quantitative estimate of drug-likeness (QED) is 0.322. The summed E-state index contributed by atoms with van der Waals surface area (Å²) in [4.78, 5) is 0. The first-order chi connectivity index (χ1) is 6.12. The van der Waals surface area contributed by atoms with Crippen LogP contribution in [0, 0.1) is 0 Å². The minimum Gasteiger partial charge on any atom is -0.759 e. The van der Waals surface area contributed by atoms with Crippen LogP contribution in [0.4, 0.5) is 0 Å². The third-order valence-corrected chi connectivity index (χ3v) is 1.41. The summed E-state index contributed by atoms with van der Waals surface area (Å²) in [6, 6.07) is 0. The third-order valence-electron chi connectivity index (χ3n) is 1.41. The van der Waals surface area contributed by atoms with Gasteiger partial charge in [0.05, 0.1) is 27.3 Å². The van der Waals surface area contributed by atoms with E-state index in [-0.39, 0.29) is 14.6 Å². The summed E-state index contributed by atoms with van der Waals surface area (Å²) in [7, 11) is -1.21. The highest BCUT2D eigenvalue weighted by Gasteiger charge is 2.11. The zero-order valence-electron chi connectivity index (χ0n) is 9.21. The molecule has 0 aromatic rings. The molecular formula is C6H17NO6S. The van der Waals surface area contributed by atoms with Crippen molar-refractivity contribution >= 4 is 10.4 Å². The van der Waals surface area contributed by atoms with Crippen LogP contribution in [0.5, 0.6) is 0 Å². The van der Waals surface area contributed by atoms with Gasteiger partial charge in [-0.1, -0.05) is 0 Å². The summed E-state index contributed by atoms with van der Waals surface area (Å²) in [6.07, 6.45) is 0. The Kier molecular flexibility index (Phi) is 8.21. The van der Waals surface area contributed by atoms with E-state index >= 15 is 0 Å². The molecule has 7 nitrogen and oxygen atoms in total. The molecule has 0 fully saturated rings. The van der Waals surface area contributed by atoms with Crippen molar-refractivity contribution in [2.24, 2.45) is 0 Å². The van der Waals surface area contributed by atoms with E-state index in [9.17, 15) is 0 Å². The summed E-state index contributed by atoms with van der Waals surface area (Å²) in [5, 5.41) is 17.1. The molecule has 8 heteroatoms. The van der Waals surface area contributed by atoms with Gasteiger partial charge in [-0.2, -0.15) is 0 Å². The highest BCUT2D eigenvalue weighted by Crippen LogP contribution is 1.92. The molecular weight excluding hydrogens is 214 g/mol. The van der Waals surface area contributed by atoms with Crippen molar-refractivity contribution < 1.29 is 33.6 Å². The lowest BCUT2D eigenvalue weighted by atomic mass is 10.4. The fourth-order valence-corrected chi connectivity index (χ4v) is 0.653. The molecule has 14 heavy (non-hydrogen) atoms. The third kappa shape index (κ3) is 22.6. The topological polar surface area (TPSA) is 121 Å². The molecule has 0 spiro atoms. The van der Waals surface area contributed by atoms with Gasteiger partial charge in [-0.3, -0.25) is 8.42 Å². The van der Waals surface area contributed by atoms with Crippen LogP contribution in [0.3, 0.4) is 0 Å². The second-order valence-electron chi connectivity index (χ2n) is 3.24. The Morgan fingerprint density at radius 3 is 1.50 bits per heavy atom. The Hall–Kier alpha value is -0.250. The maximum atomic E-state index is 8.53. The van der Waals surface area contributed by atoms with Crippen LogP contribution in [-0.2, 0) is 10.4 Å². The Morgan fingerprint density at radius 2 is 1.36 bits per heavy atom. The minimum absolute atomic E-state index is 0. The number of aliphatic hydroxyl groups excluding tert-OH is 2. The predicted molar refractivity (Wildman–Crippen MR) is 47.6 cm³/mol. The standard InChI is InChI=1S/C6H16NO2.H2O4S/c1-7(2,3-5-8)4-6-9;1-5(2,3)4/h8-9H,3-6H2,1-2H3;(H2,1,2,3,4)/q+1;/p-1. The maximum absolute atomic E-state index is 8.53. The van der Waals surface area contributed by atoms with Gasteiger partial charge < -0.3 is 23.8 Å². The SMILES string of the molecule is C[N+](C)(CCO)CCO.O=S(=O)([O-])[O-].[H+]. The Labute approximate surface area is 85.2 Å². The van der Waals surface area contributed by atoms with E-state index in [4.69, 9.17) is 27.7 Å². The largest absolute Gasteiger partial charge is 1.00 e. The van der Waals surface area contributed by atoms with Crippen molar-refractivity contribution in [3.8, 4) is 0 Å². The molecule has 0 rings (SSSR count). The molecule has 0 radical (unpaired) electrons. The summed E-state index contributed by atoms with van der Waals surface area (Å²) in [6.45, 7) is 1.79. The molecule has 2 N–H and O–H groups in total. The lowest BCUT2D eigenvalue weighted by molar-refractivity contribution is -0.890. The molecule has 0 saturated carbocycles. The van der Waals surface area contributed by atoms with Gasteiger partial charge in [-0.15, -0.1) is 0 Å². The number of hydrogen-bond donors (Lipinski definition) is 2. The van der Waals surface area contributed by atoms with E-state index in [0.717, 1.165) is 0 Å². The second-order valence-corrected chi connectivity index (χ2v) is 4.05. The second kappa shape index (κ2) is 7.10. The van der Waals surface area contributed by atoms with E-state index in [1.54, 1.807) is 0 Å². The highest BCUT2D eigenvalue weighted by molar-refractivity contribution is 7.79. The van der Waals surface area contributed by atoms with Gasteiger partial charge in [0.1, 0.15) is 13.1 Å². The molecule has 0 heterocycles. The van der Waals surface area contributed by atoms with Gasteiger partial charge in [0.15, 0.2) is 0 Å². The normalized spacial score (nSPS) is 11.9. The zero-order chi connectivity index (χ0) is 11.8. The van der Waals surface area contributed by atoms with E-state index in [1.165, 1.54) is 0 Å². The number of aliphatic hydroxyl groups is 2. The van der Waals surface area contributed by atoms with Crippen LogP contribution in [0.25, 0.3) is 0 Å². The predicted octanol–water partition coefficient (Wildman–Crippen LogP) is -2.18. The first-order valence-corrected chi connectivity index (χ1v) is 5.16. The molecule has 0 amide bonds. The van der Waals surface area contributed by atoms with Crippen molar-refractivity contribution in [1.82, 2.24) is 0 Å². The first kappa shape index (κ1) is 16.2. The summed E-state index contributed by atoms with van der Waals surface area (Å²) in [5.74, 6) is 0. The van der Waals surface area contributed by atoms with Crippen molar-refractivity contribution in [2.75, 3.05) is 40.4 Å². The summed E-state index contributed by atoms with van der Waals surface area (Å²) < 4.78 is 34.8. The number of likely N-dealkylation sites (N-methyl/N-ethyl adjacent to an activating group) is 1. The van der Waals surface area contributed by atoms with Crippen LogP contribution < -0.4 is 0 Å². The molecule has 0 aromatic heterocycles. The molecule has 0 aliphatic carbocycles. The molecule has 0 unspecified atom stereocenters. The van der Waals surface area contributed by atoms with E-state index in [0.29, 0.717) is 17.6 Å². The van der Waals surface area contributed by atoms with Crippen LogP contribution >= 0.6 is 0 Å². The Bertz CT molecular complexity index is 214. The molecule has 0 aromatic carbocycles. The van der Waals surface area contributed by atoms with Crippen molar-refractivity contribution in [3.63, 3.8) is 0 Å². The highest BCUT2D eigenvalue weighted by atomic mass is 32.3. The van der Waals surface area contributed by atoms with Gasteiger partial charge in [-0.05, 0) is 0 Å². The van der Waals surface area contributed by atoms with Crippen LogP contribution in [-0.4, -0.2) is 72.6 Å². The average Bonchev–Trinajstić information content (AvgIpc) is 1.81. The Balaban J connectivity index is -0.000000208.